The lowest BCUT2D eigenvalue weighted by Crippen LogP contribution is -2.27. The molecule has 0 spiro atoms. The van der Waals surface area contributed by atoms with Crippen LogP contribution in [-0.2, 0) is 11.8 Å². The number of halogens is 1. The van der Waals surface area contributed by atoms with E-state index in [2.05, 4.69) is 11.0 Å². The lowest BCUT2D eigenvalue weighted by atomic mass is 10.0. The van der Waals surface area contributed by atoms with Crippen molar-refractivity contribution in [2.45, 2.75) is 19.4 Å². The van der Waals surface area contributed by atoms with Crippen LogP contribution in [0.2, 0.25) is 5.02 Å². The molecule has 2 aromatic rings. The molecule has 0 saturated carbocycles. The van der Waals surface area contributed by atoms with E-state index in [4.69, 9.17) is 26.3 Å². The van der Waals surface area contributed by atoms with E-state index in [1.54, 1.807) is 11.6 Å². The van der Waals surface area contributed by atoms with Crippen molar-refractivity contribution < 1.29 is 4.74 Å². The molecule has 1 aromatic heterocycles. The van der Waals surface area contributed by atoms with Gasteiger partial charge < -0.3 is 14.2 Å². The molecule has 4 heterocycles. The maximum absolute atomic E-state index is 12.2. The molecule has 7 heteroatoms. The fourth-order valence-electron chi connectivity index (χ4n) is 4.06. The fraction of sp³-hybridized carbons (Fsp3) is 0.261. The van der Waals surface area contributed by atoms with Crippen LogP contribution in [0, 0.1) is 6.92 Å². The summed E-state index contributed by atoms with van der Waals surface area (Å²) in [5.74, 6) is 0.773. The molecule has 0 N–H and O–H groups in total. The third kappa shape index (κ3) is 3.22. The van der Waals surface area contributed by atoms with Gasteiger partial charge in [-0.1, -0.05) is 29.8 Å². The number of aliphatic imine (C=N–C) groups is 2. The molecule has 0 radical (unpaired) electrons. The highest BCUT2D eigenvalue weighted by Gasteiger charge is 2.37. The molecule has 0 amide bonds. The van der Waals surface area contributed by atoms with E-state index >= 15 is 0 Å². The highest BCUT2D eigenvalue weighted by Crippen LogP contribution is 2.40. The van der Waals surface area contributed by atoms with Crippen LogP contribution in [0.5, 0.6) is 0 Å². The summed E-state index contributed by atoms with van der Waals surface area (Å²) in [6.45, 7) is 3.12. The summed E-state index contributed by atoms with van der Waals surface area (Å²) in [4.78, 5) is 24.1. The van der Waals surface area contributed by atoms with Gasteiger partial charge in [-0.25, -0.2) is 9.98 Å². The van der Waals surface area contributed by atoms with Gasteiger partial charge in [-0.2, -0.15) is 0 Å². The lowest BCUT2D eigenvalue weighted by molar-refractivity contribution is 0.156. The zero-order valence-corrected chi connectivity index (χ0v) is 17.6. The van der Waals surface area contributed by atoms with Crippen molar-refractivity contribution in [3.05, 3.63) is 86.6 Å². The van der Waals surface area contributed by atoms with E-state index < -0.39 is 0 Å². The molecule has 0 aliphatic carbocycles. The number of hydrogen-bond donors (Lipinski definition) is 0. The number of benzene rings is 1. The second kappa shape index (κ2) is 7.38. The SMILES string of the molecule is Cc1cc(N2C=C3N=C(C4=CCOCC4)N=C3C2c2ccc(Cl)cc2)cn(C)c1=O. The lowest BCUT2D eigenvalue weighted by Gasteiger charge is -2.27. The van der Waals surface area contributed by atoms with Crippen molar-refractivity contribution in [1.29, 1.82) is 0 Å². The van der Waals surface area contributed by atoms with Crippen LogP contribution in [0.15, 0.2) is 74.9 Å². The minimum atomic E-state index is -0.143. The third-order valence-corrected chi connectivity index (χ3v) is 5.85. The van der Waals surface area contributed by atoms with Gasteiger partial charge in [0.2, 0.25) is 0 Å². The predicted octanol–water partition coefficient (Wildman–Crippen LogP) is 3.95. The maximum atomic E-state index is 12.2. The third-order valence-electron chi connectivity index (χ3n) is 5.60. The highest BCUT2D eigenvalue weighted by molar-refractivity contribution is 6.30. The summed E-state index contributed by atoms with van der Waals surface area (Å²) in [6.07, 6.45) is 6.74. The number of aromatic nitrogens is 1. The van der Waals surface area contributed by atoms with Crippen molar-refractivity contribution >= 4 is 28.8 Å². The first kappa shape index (κ1) is 19.0. The second-order valence-electron chi connectivity index (χ2n) is 7.66. The molecule has 30 heavy (non-hydrogen) atoms. The minimum absolute atomic E-state index is 0.00191. The Morgan fingerprint density at radius 2 is 2.00 bits per heavy atom. The van der Waals surface area contributed by atoms with Crippen molar-refractivity contribution in [2.75, 3.05) is 18.1 Å². The zero-order chi connectivity index (χ0) is 20.8. The largest absolute Gasteiger partial charge is 0.377 e. The van der Waals surface area contributed by atoms with Crippen LogP contribution < -0.4 is 10.5 Å². The van der Waals surface area contributed by atoms with Crippen molar-refractivity contribution in [1.82, 2.24) is 4.57 Å². The Labute approximate surface area is 179 Å². The fourth-order valence-corrected chi connectivity index (χ4v) is 4.19. The summed E-state index contributed by atoms with van der Waals surface area (Å²) in [5, 5.41) is 0.687. The Balaban J connectivity index is 1.62. The molecule has 3 aliphatic heterocycles. The van der Waals surface area contributed by atoms with Crippen molar-refractivity contribution in [2.24, 2.45) is 17.0 Å². The van der Waals surface area contributed by atoms with E-state index in [0.29, 0.717) is 23.8 Å². The van der Waals surface area contributed by atoms with Crippen LogP contribution in [0.3, 0.4) is 0 Å². The number of fused-ring (bicyclic) bond motifs is 1. The Hall–Kier alpha value is -2.96. The van der Waals surface area contributed by atoms with Gasteiger partial charge >= 0.3 is 0 Å². The smallest absolute Gasteiger partial charge is 0.253 e. The van der Waals surface area contributed by atoms with Crippen LogP contribution in [0.25, 0.3) is 0 Å². The average molecular weight is 421 g/mol. The van der Waals surface area contributed by atoms with E-state index in [9.17, 15) is 4.79 Å². The van der Waals surface area contributed by atoms with E-state index in [1.807, 2.05) is 49.7 Å². The number of aryl methyl sites for hydroxylation is 2. The van der Waals surface area contributed by atoms with Crippen LogP contribution >= 0.6 is 11.6 Å². The Kier molecular flexibility index (Phi) is 4.68. The first-order chi connectivity index (χ1) is 14.5. The van der Waals surface area contributed by atoms with Gasteiger partial charge in [0.05, 0.1) is 24.6 Å². The molecule has 6 nitrogen and oxygen atoms in total. The van der Waals surface area contributed by atoms with Gasteiger partial charge in [-0.3, -0.25) is 4.79 Å². The van der Waals surface area contributed by atoms with Crippen molar-refractivity contribution in [3.63, 3.8) is 0 Å². The molecule has 0 saturated heterocycles. The first-order valence-electron chi connectivity index (χ1n) is 9.89. The molecule has 3 aliphatic rings. The first-order valence-corrected chi connectivity index (χ1v) is 10.3. The molecule has 1 unspecified atom stereocenters. The average Bonchev–Trinajstić information content (AvgIpc) is 3.31. The Morgan fingerprint density at radius 3 is 2.70 bits per heavy atom. The molecular formula is C23H21ClN4O2. The number of pyridine rings is 1. The summed E-state index contributed by atoms with van der Waals surface area (Å²) in [6, 6.07) is 9.57. The van der Waals surface area contributed by atoms with Crippen LogP contribution in [0.4, 0.5) is 5.69 Å². The highest BCUT2D eigenvalue weighted by atomic mass is 35.5. The van der Waals surface area contributed by atoms with Gasteiger partial charge in [0.1, 0.15) is 11.7 Å². The normalized spacial score (nSPS) is 20.5. The number of amidine groups is 1. The topological polar surface area (TPSA) is 59.2 Å². The van der Waals surface area contributed by atoms with E-state index in [0.717, 1.165) is 40.5 Å². The summed E-state index contributed by atoms with van der Waals surface area (Å²) < 4.78 is 7.03. The Bertz CT molecular complexity index is 1180. The monoisotopic (exact) mass is 420 g/mol. The van der Waals surface area contributed by atoms with Crippen molar-refractivity contribution in [3.8, 4) is 0 Å². The molecule has 152 valence electrons. The number of rotatable bonds is 3. The standard InChI is InChI=1S/C23H21ClN4O2/c1-14-11-18(12-27(2)23(14)29)28-13-19-20(21(28)15-3-5-17(24)6-4-15)26-22(25-19)16-7-9-30-10-8-16/h3-7,11-13,21H,8-10H2,1-2H3. The molecular weight excluding hydrogens is 400 g/mol. The summed E-state index contributed by atoms with van der Waals surface area (Å²) >= 11 is 6.13. The van der Waals surface area contributed by atoms with Gasteiger partial charge in [-0.15, -0.1) is 0 Å². The number of nitrogens with zero attached hydrogens (tertiary/aromatic N) is 4. The summed E-state index contributed by atoms with van der Waals surface area (Å²) in [7, 11) is 1.77. The van der Waals surface area contributed by atoms with Gasteiger partial charge in [-0.05, 0) is 42.7 Å². The molecule has 1 aromatic carbocycles. The number of ether oxygens (including phenoxy) is 1. The minimum Gasteiger partial charge on any atom is -0.377 e. The number of hydrogen-bond acceptors (Lipinski definition) is 5. The maximum Gasteiger partial charge on any atom is 0.253 e. The van der Waals surface area contributed by atoms with Gasteiger partial charge in [0, 0.05) is 30.0 Å². The van der Waals surface area contributed by atoms with Gasteiger partial charge in [0.25, 0.3) is 5.56 Å². The van der Waals surface area contributed by atoms with Crippen LogP contribution in [-0.4, -0.2) is 29.3 Å². The predicted molar refractivity (Wildman–Crippen MR) is 120 cm³/mol. The van der Waals surface area contributed by atoms with Gasteiger partial charge in [0.15, 0.2) is 5.84 Å². The second-order valence-corrected chi connectivity index (χ2v) is 8.10. The Morgan fingerprint density at radius 1 is 1.20 bits per heavy atom. The molecule has 0 fully saturated rings. The van der Waals surface area contributed by atoms with E-state index in [-0.39, 0.29) is 11.6 Å². The molecule has 1 atom stereocenters. The van der Waals surface area contributed by atoms with Crippen LogP contribution in [0.1, 0.15) is 23.6 Å². The molecule has 5 rings (SSSR count). The molecule has 0 bridgehead atoms. The van der Waals surface area contributed by atoms with E-state index in [1.165, 1.54) is 0 Å². The zero-order valence-electron chi connectivity index (χ0n) is 16.8. The quantitative estimate of drug-likeness (QED) is 0.755. The number of anilines is 1. The summed E-state index contributed by atoms with van der Waals surface area (Å²) in [5.41, 5.74) is 5.56.